The molecule has 0 saturated heterocycles. The zero-order valence-corrected chi connectivity index (χ0v) is 10.8. The topological polar surface area (TPSA) is 66.1 Å². The minimum absolute atomic E-state index is 0.212. The first-order valence-electron chi connectivity index (χ1n) is 5.30. The zero-order valence-electron chi connectivity index (χ0n) is 9.18. The molecule has 18 heavy (non-hydrogen) atoms. The first-order valence-corrected chi connectivity index (χ1v) is 6.09. The molecule has 0 saturated carbocycles. The summed E-state index contributed by atoms with van der Waals surface area (Å²) in [6.45, 7) is 0.212. The fraction of sp³-hybridized carbons (Fsp3) is 0.0833. The van der Waals surface area contributed by atoms with Gasteiger partial charge in [-0.2, -0.15) is 0 Å². The van der Waals surface area contributed by atoms with Crippen LogP contribution in [0.1, 0.15) is 26.4 Å². The Morgan fingerprint density at radius 3 is 2.72 bits per heavy atom. The third-order valence-electron chi connectivity index (χ3n) is 2.82. The quantitative estimate of drug-likeness (QED) is 0.863. The van der Waals surface area contributed by atoms with Crippen LogP contribution in [-0.2, 0) is 6.54 Å². The van der Waals surface area contributed by atoms with Gasteiger partial charge in [-0.05, 0) is 18.2 Å². The lowest BCUT2D eigenvalue weighted by atomic mass is 10.1. The highest BCUT2D eigenvalue weighted by atomic mass is 79.9. The summed E-state index contributed by atoms with van der Waals surface area (Å²) in [5.74, 6) is -0.539. The second kappa shape index (κ2) is 4.06. The van der Waals surface area contributed by atoms with Gasteiger partial charge in [-0.15, -0.1) is 0 Å². The van der Waals surface area contributed by atoms with Crippen molar-refractivity contribution in [2.75, 3.05) is 0 Å². The van der Waals surface area contributed by atoms with Gasteiger partial charge in [0.2, 0.25) is 0 Å². The number of imidazole rings is 1. The van der Waals surface area contributed by atoms with E-state index in [9.17, 15) is 9.59 Å². The largest absolute Gasteiger partial charge is 0.347 e. The summed E-state index contributed by atoms with van der Waals surface area (Å²) in [5.41, 5.74) is 1.61. The van der Waals surface area contributed by atoms with Crippen molar-refractivity contribution in [2.24, 2.45) is 0 Å². The van der Waals surface area contributed by atoms with Gasteiger partial charge in [0.25, 0.3) is 11.8 Å². The van der Waals surface area contributed by atoms with E-state index in [1.54, 1.807) is 24.4 Å². The molecule has 1 aromatic carbocycles. The number of nitrogens with zero attached hydrogens (tertiary/aromatic N) is 2. The smallest absolute Gasteiger partial charge is 0.261 e. The summed E-state index contributed by atoms with van der Waals surface area (Å²) in [6, 6.07) is 5.08. The highest BCUT2D eigenvalue weighted by Gasteiger charge is 2.35. The van der Waals surface area contributed by atoms with Gasteiger partial charge in [0.05, 0.1) is 29.7 Å². The summed E-state index contributed by atoms with van der Waals surface area (Å²) < 4.78 is 0.783. The third-order valence-corrected chi connectivity index (χ3v) is 3.31. The van der Waals surface area contributed by atoms with Gasteiger partial charge >= 0.3 is 0 Å². The summed E-state index contributed by atoms with van der Waals surface area (Å²) in [5, 5.41) is 0. The molecule has 2 aromatic rings. The van der Waals surface area contributed by atoms with Crippen LogP contribution in [0.15, 0.2) is 35.2 Å². The van der Waals surface area contributed by atoms with Crippen LogP contribution in [0.25, 0.3) is 0 Å². The van der Waals surface area contributed by atoms with Gasteiger partial charge in [-0.3, -0.25) is 14.5 Å². The minimum atomic E-state index is -0.272. The van der Waals surface area contributed by atoms with E-state index >= 15 is 0 Å². The number of carbonyl (C=O) groups excluding carboxylic acids is 2. The number of fused-ring (bicyclic) bond motifs is 1. The maximum Gasteiger partial charge on any atom is 0.261 e. The van der Waals surface area contributed by atoms with Gasteiger partial charge in [-0.1, -0.05) is 15.9 Å². The van der Waals surface area contributed by atoms with E-state index in [0.29, 0.717) is 11.1 Å². The number of H-pyrrole nitrogens is 1. The molecule has 0 bridgehead atoms. The molecule has 0 aliphatic carbocycles. The van der Waals surface area contributed by atoms with Gasteiger partial charge in [0.15, 0.2) is 0 Å². The predicted molar refractivity (Wildman–Crippen MR) is 66.9 cm³/mol. The summed E-state index contributed by atoms with van der Waals surface area (Å²) in [7, 11) is 0. The van der Waals surface area contributed by atoms with E-state index in [-0.39, 0.29) is 18.4 Å². The number of benzene rings is 1. The molecular weight excluding hydrogens is 298 g/mol. The van der Waals surface area contributed by atoms with Crippen molar-refractivity contribution < 1.29 is 9.59 Å². The van der Waals surface area contributed by atoms with E-state index in [2.05, 4.69) is 25.9 Å². The molecule has 1 aliphatic heterocycles. The van der Waals surface area contributed by atoms with Crippen molar-refractivity contribution >= 4 is 27.7 Å². The third kappa shape index (κ3) is 1.65. The molecule has 0 radical (unpaired) electrons. The molecule has 5 nitrogen and oxygen atoms in total. The van der Waals surface area contributed by atoms with Crippen molar-refractivity contribution in [3.8, 4) is 0 Å². The molecule has 2 heterocycles. The summed E-state index contributed by atoms with van der Waals surface area (Å²) >= 11 is 3.29. The van der Waals surface area contributed by atoms with Crippen molar-refractivity contribution in [1.82, 2.24) is 14.9 Å². The normalized spacial score (nSPS) is 14.2. The van der Waals surface area contributed by atoms with Crippen molar-refractivity contribution in [3.05, 3.63) is 52.0 Å². The molecule has 0 unspecified atom stereocenters. The van der Waals surface area contributed by atoms with Crippen LogP contribution >= 0.6 is 15.9 Å². The monoisotopic (exact) mass is 305 g/mol. The Hall–Kier alpha value is -1.95. The lowest BCUT2D eigenvalue weighted by Crippen LogP contribution is -2.29. The highest BCUT2D eigenvalue weighted by molar-refractivity contribution is 9.10. The Bertz CT molecular complexity index is 637. The molecule has 0 atom stereocenters. The average molecular weight is 306 g/mol. The minimum Gasteiger partial charge on any atom is -0.347 e. The van der Waals surface area contributed by atoms with Crippen molar-refractivity contribution in [1.29, 1.82) is 0 Å². The molecule has 6 heteroatoms. The van der Waals surface area contributed by atoms with Gasteiger partial charge in [0.1, 0.15) is 0 Å². The van der Waals surface area contributed by atoms with Gasteiger partial charge in [0, 0.05) is 10.7 Å². The number of halogens is 1. The standard InChI is InChI=1S/C12H8BrN3O2/c13-7-1-2-9-10(3-7)12(18)16(11(9)17)5-8-4-14-6-15-8/h1-4,6H,5H2,(H,14,15). The van der Waals surface area contributed by atoms with Crippen LogP contribution in [0, 0.1) is 0 Å². The number of amides is 2. The van der Waals surface area contributed by atoms with E-state index in [0.717, 1.165) is 10.2 Å². The van der Waals surface area contributed by atoms with Crippen LogP contribution in [-0.4, -0.2) is 26.7 Å². The molecule has 1 aliphatic rings. The lowest BCUT2D eigenvalue weighted by Gasteiger charge is -2.11. The lowest BCUT2D eigenvalue weighted by molar-refractivity contribution is 0.0640. The zero-order chi connectivity index (χ0) is 12.7. The number of aromatic amines is 1. The Morgan fingerprint density at radius 2 is 2.00 bits per heavy atom. The number of rotatable bonds is 2. The second-order valence-corrected chi connectivity index (χ2v) is 4.88. The SMILES string of the molecule is O=C1c2ccc(Br)cc2C(=O)N1Cc1cnc[nH]1. The number of hydrogen-bond acceptors (Lipinski definition) is 3. The first kappa shape index (κ1) is 11.2. The average Bonchev–Trinajstić information content (AvgIpc) is 2.93. The maximum atomic E-state index is 12.1. The van der Waals surface area contributed by atoms with E-state index in [4.69, 9.17) is 0 Å². The van der Waals surface area contributed by atoms with Crippen molar-refractivity contribution in [2.45, 2.75) is 6.54 Å². The van der Waals surface area contributed by atoms with Gasteiger partial charge in [-0.25, -0.2) is 4.98 Å². The van der Waals surface area contributed by atoms with Crippen LogP contribution in [0.5, 0.6) is 0 Å². The number of aromatic nitrogens is 2. The Balaban J connectivity index is 1.97. The molecular formula is C12H8BrN3O2. The number of nitrogens with one attached hydrogen (secondary N) is 1. The molecule has 3 rings (SSSR count). The van der Waals surface area contributed by atoms with Gasteiger partial charge < -0.3 is 4.98 Å². The predicted octanol–water partition coefficient (Wildman–Crippen LogP) is 1.97. The summed E-state index contributed by atoms with van der Waals surface area (Å²) in [4.78, 5) is 32.2. The molecule has 0 spiro atoms. The fourth-order valence-corrected chi connectivity index (χ4v) is 2.31. The highest BCUT2D eigenvalue weighted by Crippen LogP contribution is 2.26. The van der Waals surface area contributed by atoms with E-state index < -0.39 is 0 Å². The number of carbonyl (C=O) groups is 2. The van der Waals surface area contributed by atoms with Crippen LogP contribution in [0.2, 0.25) is 0 Å². The second-order valence-electron chi connectivity index (χ2n) is 3.96. The van der Waals surface area contributed by atoms with Crippen LogP contribution < -0.4 is 0 Å². The molecule has 1 N–H and O–H groups in total. The summed E-state index contributed by atoms with van der Waals surface area (Å²) in [6.07, 6.45) is 3.11. The first-order chi connectivity index (χ1) is 8.66. The van der Waals surface area contributed by atoms with E-state index in [1.807, 2.05) is 0 Å². The van der Waals surface area contributed by atoms with Crippen LogP contribution in [0.3, 0.4) is 0 Å². The molecule has 90 valence electrons. The Labute approximate surface area is 111 Å². The number of imide groups is 1. The molecule has 2 amide bonds. The maximum absolute atomic E-state index is 12.1. The number of hydrogen-bond donors (Lipinski definition) is 1. The Morgan fingerprint density at radius 1 is 1.22 bits per heavy atom. The van der Waals surface area contributed by atoms with E-state index in [1.165, 1.54) is 11.2 Å². The van der Waals surface area contributed by atoms with Crippen molar-refractivity contribution in [3.63, 3.8) is 0 Å². The van der Waals surface area contributed by atoms with Crippen LogP contribution in [0.4, 0.5) is 0 Å². The molecule has 0 fully saturated rings. The fourth-order valence-electron chi connectivity index (χ4n) is 1.95. The molecule has 1 aromatic heterocycles. The Kier molecular flexibility index (Phi) is 2.52.